The van der Waals surface area contributed by atoms with Crippen molar-refractivity contribution in [2.45, 2.75) is 86.7 Å². The first kappa shape index (κ1) is 36.2. The Labute approximate surface area is 241 Å². The molecule has 1 radical (unpaired) electrons. The molecule has 1 aromatic heterocycles. The van der Waals surface area contributed by atoms with Gasteiger partial charge >= 0.3 is 5.63 Å². The van der Waals surface area contributed by atoms with E-state index in [0.29, 0.717) is 18.6 Å². The fourth-order valence-electron chi connectivity index (χ4n) is 2.90. The average Bonchev–Trinajstić information content (AvgIpc) is 2.82. The minimum Gasteiger partial charge on any atom is -0.569 e. The Bertz CT molecular complexity index is 984. The molecule has 0 bridgehead atoms. The van der Waals surface area contributed by atoms with Gasteiger partial charge in [-0.25, -0.2) is 4.79 Å². The largest absolute Gasteiger partial charge is 0.569 e. The molecule has 0 aliphatic carbocycles. The van der Waals surface area contributed by atoms with Gasteiger partial charge in [0, 0.05) is 58.2 Å². The van der Waals surface area contributed by atoms with Gasteiger partial charge in [0.2, 0.25) is 0 Å². The first-order valence-electron chi connectivity index (χ1n) is 12.1. The van der Waals surface area contributed by atoms with Crippen molar-refractivity contribution in [3.05, 3.63) is 74.9 Å². The molecule has 0 saturated carbocycles. The number of Topliss-reactive ketones (excluding diaryl/α,β-unsaturated/α-hetero) is 1. The number of allylic oxidation sites excluding steroid dienone is 1. The summed E-state index contributed by atoms with van der Waals surface area (Å²) in [5, 5.41) is 9.84. The Morgan fingerprint density at radius 1 is 1.14 bits per heavy atom. The van der Waals surface area contributed by atoms with Crippen molar-refractivity contribution in [1.82, 2.24) is 0 Å². The van der Waals surface area contributed by atoms with E-state index in [9.17, 15) is 14.7 Å². The molecular weight excluding hydrogens is 535 g/mol. The first-order chi connectivity index (χ1) is 16.6. The number of rotatable bonds is 10. The summed E-state index contributed by atoms with van der Waals surface area (Å²) in [6, 6.07) is 7.53. The van der Waals surface area contributed by atoms with Crippen LogP contribution in [0.3, 0.4) is 0 Å². The summed E-state index contributed by atoms with van der Waals surface area (Å²) in [7, 11) is 1.46. The third kappa shape index (κ3) is 13.4. The molecular formula is C28H42NO6Y-. The third-order valence-electron chi connectivity index (χ3n) is 4.92. The van der Waals surface area contributed by atoms with Gasteiger partial charge in [0.1, 0.15) is 22.8 Å². The molecule has 7 nitrogen and oxygen atoms in total. The van der Waals surface area contributed by atoms with Crippen molar-refractivity contribution in [3.8, 4) is 11.5 Å². The maximum absolute atomic E-state index is 11.8. The van der Waals surface area contributed by atoms with Crippen molar-refractivity contribution in [1.29, 1.82) is 0 Å². The van der Waals surface area contributed by atoms with E-state index in [0.717, 1.165) is 5.75 Å². The van der Waals surface area contributed by atoms with E-state index in [1.54, 1.807) is 13.1 Å². The number of carbonyl (C=O) groups excluding carboxylic acids is 1. The van der Waals surface area contributed by atoms with Gasteiger partial charge in [-0.05, 0) is 63.8 Å². The van der Waals surface area contributed by atoms with Crippen LogP contribution in [0.1, 0.15) is 94.0 Å². The molecule has 0 aliphatic heterocycles. The minimum absolute atomic E-state index is 0. The van der Waals surface area contributed by atoms with Crippen LogP contribution in [0.2, 0.25) is 0 Å². The van der Waals surface area contributed by atoms with E-state index in [1.807, 2.05) is 46.8 Å². The van der Waals surface area contributed by atoms with Gasteiger partial charge in [0.25, 0.3) is 0 Å². The Morgan fingerprint density at radius 2 is 1.78 bits per heavy atom. The van der Waals surface area contributed by atoms with E-state index in [2.05, 4.69) is 36.3 Å². The third-order valence-corrected chi connectivity index (χ3v) is 4.92. The molecule has 1 heterocycles. The SMILES string of the molecule is CC.CCC(=O)c1c(O)cc(C(C)CC/C=C\[N-]OC)oc1=O.Cc1ccc(OC(C)C)cc1C.[Y]. The number of aryl methyl sites for hydroxylation is 2. The van der Waals surface area contributed by atoms with Gasteiger partial charge in [-0.2, -0.15) is 6.20 Å². The van der Waals surface area contributed by atoms with Crippen LogP contribution in [0.5, 0.6) is 11.5 Å². The molecule has 2 rings (SSSR count). The molecule has 1 N–H and O–H groups in total. The fraction of sp³-hybridized carbons (Fsp3) is 0.500. The number of hydroxylamine groups is 1. The number of hydrogen-bond donors (Lipinski definition) is 1. The molecule has 2 aromatic rings. The molecule has 1 atom stereocenters. The van der Waals surface area contributed by atoms with Crippen molar-refractivity contribution >= 4 is 5.78 Å². The molecule has 0 saturated heterocycles. The zero-order chi connectivity index (χ0) is 27.0. The molecule has 1 aromatic carbocycles. The molecule has 0 fully saturated rings. The van der Waals surface area contributed by atoms with E-state index in [1.165, 1.54) is 24.3 Å². The summed E-state index contributed by atoms with van der Waals surface area (Å²) in [5.41, 5.74) is 5.12. The van der Waals surface area contributed by atoms with Crippen molar-refractivity contribution in [3.63, 3.8) is 0 Å². The second kappa shape index (κ2) is 20.1. The van der Waals surface area contributed by atoms with Crippen LogP contribution in [-0.4, -0.2) is 24.1 Å². The Morgan fingerprint density at radius 3 is 2.28 bits per heavy atom. The van der Waals surface area contributed by atoms with Crippen LogP contribution in [0, 0.1) is 13.8 Å². The van der Waals surface area contributed by atoms with Crippen LogP contribution < -0.4 is 10.4 Å². The van der Waals surface area contributed by atoms with Gasteiger partial charge in [-0.1, -0.05) is 33.8 Å². The smallest absolute Gasteiger partial charge is 0.350 e. The monoisotopic (exact) mass is 577 g/mol. The standard InChI is InChI=1S/C15H20NO5.C11H16O.C2H6.Y/c1-4-11(17)14-12(18)9-13(21-15(14)19)10(2)7-5-6-8-16-20-3;1-8(2)12-11-6-5-9(3)10(4)7-11;1-2;/h6,8-10H,4-5,7H2,1-3H3,(H,17,18,19);5-8H,1-4H3;1-2H3;/q-1;;;/b8-6-;;;. The summed E-state index contributed by atoms with van der Waals surface area (Å²) in [6.45, 7) is 15.8. The Kier molecular flexibility index (Phi) is 20.3. The quantitative estimate of drug-likeness (QED) is 0.234. The summed E-state index contributed by atoms with van der Waals surface area (Å²) in [4.78, 5) is 27.9. The number of ether oxygens (including phenoxy) is 1. The van der Waals surface area contributed by atoms with Gasteiger partial charge in [0.05, 0.1) is 6.10 Å². The number of aromatic hydroxyl groups is 1. The predicted octanol–water partition coefficient (Wildman–Crippen LogP) is 7.38. The van der Waals surface area contributed by atoms with Crippen molar-refractivity contribution < 1.29 is 56.6 Å². The fourth-order valence-corrected chi connectivity index (χ4v) is 2.90. The Balaban J connectivity index is 0. The molecule has 0 aliphatic rings. The molecule has 8 heteroatoms. The normalized spacial score (nSPS) is 10.9. The number of ketones is 1. The van der Waals surface area contributed by atoms with Crippen LogP contribution in [-0.2, 0) is 37.5 Å². The van der Waals surface area contributed by atoms with E-state index in [-0.39, 0.29) is 62.5 Å². The summed E-state index contributed by atoms with van der Waals surface area (Å²) in [6.07, 6.45) is 5.19. The average molecular weight is 578 g/mol. The van der Waals surface area contributed by atoms with Gasteiger partial charge in [0.15, 0.2) is 5.78 Å². The first-order valence-corrected chi connectivity index (χ1v) is 12.1. The second-order valence-corrected chi connectivity index (χ2v) is 8.04. The Hall–Kier alpha value is -1.96. The minimum atomic E-state index is -0.784. The van der Waals surface area contributed by atoms with Crippen LogP contribution in [0.15, 0.2) is 45.8 Å². The second-order valence-electron chi connectivity index (χ2n) is 8.04. The molecule has 199 valence electrons. The molecule has 36 heavy (non-hydrogen) atoms. The van der Waals surface area contributed by atoms with Gasteiger partial charge in [-0.15, -0.1) is 6.08 Å². The number of nitrogens with zero attached hydrogens (tertiary/aromatic N) is 1. The van der Waals surface area contributed by atoms with Gasteiger partial charge in [-0.3, -0.25) is 4.79 Å². The zero-order valence-electron chi connectivity index (χ0n) is 23.3. The maximum atomic E-state index is 11.8. The van der Waals surface area contributed by atoms with Gasteiger partial charge < -0.3 is 24.6 Å². The van der Waals surface area contributed by atoms with E-state index < -0.39 is 11.4 Å². The summed E-state index contributed by atoms with van der Waals surface area (Å²) >= 11 is 0. The molecule has 1 unspecified atom stereocenters. The summed E-state index contributed by atoms with van der Waals surface area (Å²) in [5.74, 6) is 0.520. The van der Waals surface area contributed by atoms with Crippen LogP contribution in [0.25, 0.3) is 5.48 Å². The van der Waals surface area contributed by atoms with E-state index in [4.69, 9.17) is 9.15 Å². The molecule has 0 spiro atoms. The van der Waals surface area contributed by atoms with Crippen LogP contribution in [0.4, 0.5) is 0 Å². The summed E-state index contributed by atoms with van der Waals surface area (Å²) < 4.78 is 10.7. The topological polar surface area (TPSA) is 100 Å². The van der Waals surface area contributed by atoms with Crippen molar-refractivity contribution in [2.24, 2.45) is 0 Å². The number of hydrogen-bond acceptors (Lipinski definition) is 6. The molecule has 0 amide bonds. The van der Waals surface area contributed by atoms with Crippen molar-refractivity contribution in [2.75, 3.05) is 7.11 Å². The number of carbonyl (C=O) groups is 1. The number of benzene rings is 1. The maximum Gasteiger partial charge on any atom is 0.350 e. The van der Waals surface area contributed by atoms with E-state index >= 15 is 0 Å². The van der Waals surface area contributed by atoms with Crippen LogP contribution >= 0.6 is 0 Å². The predicted molar refractivity (Wildman–Crippen MR) is 141 cm³/mol. The zero-order valence-corrected chi connectivity index (χ0v) is 26.1.